The zero-order valence-corrected chi connectivity index (χ0v) is 9.49. The van der Waals surface area contributed by atoms with E-state index in [4.69, 9.17) is 19.9 Å². The first-order chi connectivity index (χ1) is 6.74. The van der Waals surface area contributed by atoms with Crippen molar-refractivity contribution in [3.8, 4) is 0 Å². The average Bonchev–Trinajstić information content (AvgIpc) is 2.17. The van der Waals surface area contributed by atoms with Crippen molar-refractivity contribution >= 4 is 0 Å². The Kier molecular flexibility index (Phi) is 9.29. The van der Waals surface area contributed by atoms with Gasteiger partial charge in [-0.3, -0.25) is 0 Å². The summed E-state index contributed by atoms with van der Waals surface area (Å²) >= 11 is 0. The van der Waals surface area contributed by atoms with E-state index in [1.54, 1.807) is 7.11 Å². The van der Waals surface area contributed by atoms with Gasteiger partial charge in [-0.15, -0.1) is 0 Å². The van der Waals surface area contributed by atoms with Crippen molar-refractivity contribution < 1.29 is 14.2 Å². The molecule has 0 spiro atoms. The molecule has 0 bridgehead atoms. The van der Waals surface area contributed by atoms with E-state index in [-0.39, 0.29) is 12.2 Å². The maximum Gasteiger partial charge on any atom is 0.0780 e. The number of hydrogen-bond acceptors (Lipinski definition) is 4. The molecule has 0 saturated heterocycles. The molecule has 0 heterocycles. The van der Waals surface area contributed by atoms with Gasteiger partial charge in [0, 0.05) is 26.9 Å². The van der Waals surface area contributed by atoms with Crippen molar-refractivity contribution in [1.29, 1.82) is 0 Å². The van der Waals surface area contributed by atoms with Crippen molar-refractivity contribution in [1.82, 2.24) is 0 Å². The molecule has 86 valence electrons. The van der Waals surface area contributed by atoms with Gasteiger partial charge in [-0.05, 0) is 20.3 Å². The Morgan fingerprint density at radius 1 is 1.29 bits per heavy atom. The van der Waals surface area contributed by atoms with Crippen LogP contribution in [0.2, 0.25) is 0 Å². The second-order valence-electron chi connectivity index (χ2n) is 3.24. The Morgan fingerprint density at radius 2 is 2.00 bits per heavy atom. The summed E-state index contributed by atoms with van der Waals surface area (Å²) in [6.45, 7) is 6.51. The van der Waals surface area contributed by atoms with Gasteiger partial charge in [-0.1, -0.05) is 0 Å². The summed E-state index contributed by atoms with van der Waals surface area (Å²) < 4.78 is 15.9. The molecule has 0 rings (SSSR count). The van der Waals surface area contributed by atoms with Gasteiger partial charge < -0.3 is 19.9 Å². The van der Waals surface area contributed by atoms with Crippen LogP contribution in [0.3, 0.4) is 0 Å². The van der Waals surface area contributed by atoms with Crippen LogP contribution in [0.25, 0.3) is 0 Å². The zero-order chi connectivity index (χ0) is 10.8. The maximum absolute atomic E-state index is 5.53. The number of ether oxygens (including phenoxy) is 3. The summed E-state index contributed by atoms with van der Waals surface area (Å²) in [5.41, 5.74) is 5.53. The van der Waals surface area contributed by atoms with Gasteiger partial charge >= 0.3 is 0 Å². The highest BCUT2D eigenvalue weighted by Crippen LogP contribution is 1.99. The molecule has 0 amide bonds. The third kappa shape index (κ3) is 7.26. The molecular weight excluding hydrogens is 182 g/mol. The van der Waals surface area contributed by atoms with Crippen molar-refractivity contribution in [3.05, 3.63) is 0 Å². The van der Waals surface area contributed by atoms with Gasteiger partial charge in [0.1, 0.15) is 0 Å². The van der Waals surface area contributed by atoms with Crippen LogP contribution in [0.4, 0.5) is 0 Å². The van der Waals surface area contributed by atoms with E-state index in [9.17, 15) is 0 Å². The van der Waals surface area contributed by atoms with E-state index in [0.29, 0.717) is 26.4 Å². The summed E-state index contributed by atoms with van der Waals surface area (Å²) in [4.78, 5) is 0. The lowest BCUT2D eigenvalue weighted by Crippen LogP contribution is -2.26. The van der Waals surface area contributed by atoms with Gasteiger partial charge in [-0.25, -0.2) is 0 Å². The fourth-order valence-corrected chi connectivity index (χ4v) is 1.19. The molecule has 2 unspecified atom stereocenters. The Balaban J connectivity index is 3.40. The van der Waals surface area contributed by atoms with Gasteiger partial charge in [0.2, 0.25) is 0 Å². The quantitative estimate of drug-likeness (QED) is 0.604. The summed E-state index contributed by atoms with van der Waals surface area (Å²) in [5.74, 6) is 0. The number of nitrogens with two attached hydrogens (primary N) is 1. The summed E-state index contributed by atoms with van der Waals surface area (Å²) in [7, 11) is 1.67. The van der Waals surface area contributed by atoms with Crippen molar-refractivity contribution in [2.75, 3.05) is 33.5 Å². The molecule has 0 radical (unpaired) electrons. The highest BCUT2D eigenvalue weighted by molar-refractivity contribution is 4.58. The van der Waals surface area contributed by atoms with Gasteiger partial charge in [0.25, 0.3) is 0 Å². The van der Waals surface area contributed by atoms with Gasteiger partial charge in [0.15, 0.2) is 0 Å². The van der Waals surface area contributed by atoms with E-state index >= 15 is 0 Å². The lowest BCUT2D eigenvalue weighted by Gasteiger charge is -2.17. The largest absolute Gasteiger partial charge is 0.382 e. The maximum atomic E-state index is 5.53. The minimum absolute atomic E-state index is 0.120. The molecule has 0 saturated carbocycles. The highest BCUT2D eigenvalue weighted by Gasteiger charge is 2.07. The van der Waals surface area contributed by atoms with Crippen LogP contribution in [-0.4, -0.2) is 45.7 Å². The molecule has 0 aliphatic carbocycles. The lowest BCUT2D eigenvalue weighted by molar-refractivity contribution is -0.0156. The zero-order valence-electron chi connectivity index (χ0n) is 9.49. The van der Waals surface area contributed by atoms with Crippen LogP contribution in [0.15, 0.2) is 0 Å². The fourth-order valence-electron chi connectivity index (χ4n) is 1.19. The summed E-state index contributed by atoms with van der Waals surface area (Å²) in [5, 5.41) is 0. The van der Waals surface area contributed by atoms with Crippen LogP contribution in [0.5, 0.6) is 0 Å². The molecule has 0 fully saturated rings. The lowest BCUT2D eigenvalue weighted by atomic mass is 10.2. The van der Waals surface area contributed by atoms with Gasteiger partial charge in [0.05, 0.1) is 18.8 Å². The second kappa shape index (κ2) is 9.40. The van der Waals surface area contributed by atoms with Crippen molar-refractivity contribution in [2.45, 2.75) is 32.5 Å². The van der Waals surface area contributed by atoms with Crippen molar-refractivity contribution in [2.24, 2.45) is 5.73 Å². The molecular formula is C10H23NO3. The number of rotatable bonds is 9. The van der Waals surface area contributed by atoms with E-state index in [2.05, 4.69) is 0 Å². The molecule has 4 nitrogen and oxygen atoms in total. The topological polar surface area (TPSA) is 53.7 Å². The Labute approximate surface area is 86.7 Å². The number of methoxy groups -OCH3 is 1. The van der Waals surface area contributed by atoms with Crippen LogP contribution < -0.4 is 5.73 Å². The first kappa shape index (κ1) is 13.8. The predicted molar refractivity (Wildman–Crippen MR) is 56.4 cm³/mol. The molecule has 0 aliphatic rings. The van der Waals surface area contributed by atoms with E-state index < -0.39 is 0 Å². The molecule has 14 heavy (non-hydrogen) atoms. The van der Waals surface area contributed by atoms with Crippen LogP contribution in [0.1, 0.15) is 20.3 Å². The van der Waals surface area contributed by atoms with Crippen LogP contribution >= 0.6 is 0 Å². The molecule has 0 aromatic carbocycles. The molecule has 4 heteroatoms. The SMILES string of the molecule is CCOC(CN)CCOC(C)COC. The first-order valence-electron chi connectivity index (χ1n) is 5.16. The molecule has 0 aliphatic heterocycles. The average molecular weight is 205 g/mol. The normalized spacial score (nSPS) is 15.4. The predicted octanol–water partition coefficient (Wildman–Crippen LogP) is 0.792. The minimum atomic E-state index is 0.120. The summed E-state index contributed by atoms with van der Waals surface area (Å²) in [6.07, 6.45) is 1.10. The minimum Gasteiger partial charge on any atom is -0.382 e. The molecule has 0 aromatic heterocycles. The third-order valence-corrected chi connectivity index (χ3v) is 1.91. The third-order valence-electron chi connectivity index (χ3n) is 1.91. The van der Waals surface area contributed by atoms with Crippen LogP contribution in [-0.2, 0) is 14.2 Å². The van der Waals surface area contributed by atoms with Gasteiger partial charge in [-0.2, -0.15) is 0 Å². The Hall–Kier alpha value is -0.160. The first-order valence-corrected chi connectivity index (χ1v) is 5.16. The fraction of sp³-hybridized carbons (Fsp3) is 1.00. The van der Waals surface area contributed by atoms with E-state index in [0.717, 1.165) is 6.42 Å². The van der Waals surface area contributed by atoms with Crippen LogP contribution in [0, 0.1) is 0 Å². The van der Waals surface area contributed by atoms with E-state index in [1.807, 2.05) is 13.8 Å². The Morgan fingerprint density at radius 3 is 2.50 bits per heavy atom. The van der Waals surface area contributed by atoms with Crippen molar-refractivity contribution in [3.63, 3.8) is 0 Å². The standard InChI is InChI=1S/C10H23NO3/c1-4-13-10(7-11)5-6-14-9(2)8-12-3/h9-10H,4-8,11H2,1-3H3. The molecule has 2 atom stereocenters. The monoisotopic (exact) mass is 205 g/mol. The Bertz CT molecular complexity index is 122. The molecule has 2 N–H and O–H groups in total. The molecule has 0 aromatic rings. The highest BCUT2D eigenvalue weighted by atomic mass is 16.5. The smallest absolute Gasteiger partial charge is 0.0780 e. The second-order valence-corrected chi connectivity index (χ2v) is 3.24. The summed E-state index contributed by atoms with van der Waals surface area (Å²) in [6, 6.07) is 0. The van der Waals surface area contributed by atoms with E-state index in [1.165, 1.54) is 0 Å². The number of hydrogen-bond donors (Lipinski definition) is 1.